The van der Waals surface area contributed by atoms with E-state index in [1.165, 1.54) is 11.5 Å². The minimum Gasteiger partial charge on any atom is -0.382 e. The molecular weight excluding hydrogens is 264 g/mol. The molecule has 102 valence electrons. The molecule has 0 unspecified atom stereocenters. The van der Waals surface area contributed by atoms with Crippen LogP contribution in [0.1, 0.15) is 21.6 Å². The summed E-state index contributed by atoms with van der Waals surface area (Å²) in [6.07, 6.45) is 1.94. The molecule has 0 saturated carbocycles. The lowest BCUT2D eigenvalue weighted by Gasteiger charge is -2.05. The second-order valence-electron chi connectivity index (χ2n) is 4.12. The number of hydrogen-bond donors (Lipinski definition) is 3. The van der Waals surface area contributed by atoms with Crippen LogP contribution < -0.4 is 16.4 Å². The van der Waals surface area contributed by atoms with Crippen molar-refractivity contribution in [2.75, 3.05) is 18.1 Å². The number of carbonyl (C=O) groups excluding carboxylic acids is 1. The first-order chi connectivity index (χ1) is 9.02. The molecule has 0 aliphatic rings. The van der Waals surface area contributed by atoms with Gasteiger partial charge < -0.3 is 16.4 Å². The van der Waals surface area contributed by atoms with Crippen molar-refractivity contribution in [1.82, 2.24) is 19.5 Å². The third-order valence-corrected chi connectivity index (χ3v) is 3.55. The van der Waals surface area contributed by atoms with Gasteiger partial charge in [0, 0.05) is 32.4 Å². The van der Waals surface area contributed by atoms with Crippen molar-refractivity contribution in [2.45, 2.75) is 13.5 Å². The summed E-state index contributed by atoms with van der Waals surface area (Å²) in [6, 6.07) is 0. The van der Waals surface area contributed by atoms with Gasteiger partial charge in [-0.05, 0) is 18.5 Å². The molecule has 19 heavy (non-hydrogen) atoms. The Bertz CT molecular complexity index is 602. The lowest BCUT2D eigenvalue weighted by Crippen LogP contribution is -2.20. The molecule has 4 N–H and O–H groups in total. The van der Waals surface area contributed by atoms with Crippen molar-refractivity contribution in [2.24, 2.45) is 7.05 Å². The highest BCUT2D eigenvalue weighted by atomic mass is 32.1. The van der Waals surface area contributed by atoms with Gasteiger partial charge in [-0.25, -0.2) is 0 Å². The summed E-state index contributed by atoms with van der Waals surface area (Å²) in [5, 5.41) is 10.7. The number of nitrogens with two attached hydrogens (primary N) is 1. The van der Waals surface area contributed by atoms with Crippen LogP contribution in [-0.4, -0.2) is 27.1 Å². The quantitative estimate of drug-likeness (QED) is 0.767. The maximum atomic E-state index is 11.7. The van der Waals surface area contributed by atoms with Crippen molar-refractivity contribution in [3.8, 4) is 0 Å². The zero-order valence-electron chi connectivity index (χ0n) is 11.0. The van der Waals surface area contributed by atoms with Gasteiger partial charge >= 0.3 is 0 Å². The van der Waals surface area contributed by atoms with E-state index in [4.69, 9.17) is 5.73 Å². The summed E-state index contributed by atoms with van der Waals surface area (Å²) in [4.78, 5) is 11.7. The summed E-state index contributed by atoms with van der Waals surface area (Å²) in [7, 11) is 3.44. The molecule has 2 heterocycles. The van der Waals surface area contributed by atoms with Crippen LogP contribution in [0.15, 0.2) is 6.20 Å². The fourth-order valence-electron chi connectivity index (χ4n) is 1.77. The highest BCUT2D eigenvalue weighted by molar-refractivity contribution is 7.11. The van der Waals surface area contributed by atoms with Crippen LogP contribution in [-0.2, 0) is 13.6 Å². The molecule has 0 saturated heterocycles. The summed E-state index contributed by atoms with van der Waals surface area (Å²) in [5.74, 6) is 0.00594. The van der Waals surface area contributed by atoms with E-state index in [0.29, 0.717) is 17.1 Å². The first-order valence-corrected chi connectivity index (χ1v) is 6.50. The Morgan fingerprint density at radius 3 is 2.89 bits per heavy atom. The van der Waals surface area contributed by atoms with Gasteiger partial charge in [-0.3, -0.25) is 9.48 Å². The molecule has 0 spiro atoms. The van der Waals surface area contributed by atoms with E-state index in [9.17, 15) is 4.79 Å². The number of nitrogens with zero attached hydrogens (tertiary/aromatic N) is 3. The maximum absolute atomic E-state index is 11.7. The molecule has 2 rings (SSSR count). The number of carbonyl (C=O) groups is 1. The molecule has 0 radical (unpaired) electrons. The van der Waals surface area contributed by atoms with E-state index >= 15 is 0 Å². The van der Waals surface area contributed by atoms with Gasteiger partial charge in [0.05, 0.1) is 5.69 Å². The molecule has 1 amide bonds. The maximum Gasteiger partial charge on any atom is 0.257 e. The minimum absolute atomic E-state index is 0.239. The van der Waals surface area contributed by atoms with Gasteiger partial charge in [-0.1, -0.05) is 0 Å². The number of nitrogen functional groups attached to an aromatic ring is 1. The van der Waals surface area contributed by atoms with Crippen molar-refractivity contribution in [3.63, 3.8) is 0 Å². The predicted octanol–water partition coefficient (Wildman–Crippen LogP) is 0.739. The first-order valence-electron chi connectivity index (χ1n) is 5.73. The van der Waals surface area contributed by atoms with E-state index in [1.54, 1.807) is 11.7 Å². The van der Waals surface area contributed by atoms with Gasteiger partial charge in [0.2, 0.25) is 0 Å². The zero-order valence-corrected chi connectivity index (χ0v) is 11.8. The fraction of sp³-hybridized carbons (Fsp3) is 0.364. The van der Waals surface area contributed by atoms with Gasteiger partial charge in [0.25, 0.3) is 5.91 Å². The number of nitrogens with one attached hydrogen (secondary N) is 2. The summed E-state index contributed by atoms with van der Waals surface area (Å²) in [5.41, 5.74) is 8.12. The van der Waals surface area contributed by atoms with Crippen LogP contribution in [0.5, 0.6) is 0 Å². The second-order valence-corrected chi connectivity index (χ2v) is 4.89. The van der Waals surface area contributed by atoms with Crippen molar-refractivity contribution < 1.29 is 4.79 Å². The van der Waals surface area contributed by atoms with E-state index in [1.807, 2.05) is 20.2 Å². The monoisotopic (exact) mass is 280 g/mol. The van der Waals surface area contributed by atoms with Crippen LogP contribution in [0.25, 0.3) is 0 Å². The largest absolute Gasteiger partial charge is 0.382 e. The Labute approximate surface area is 115 Å². The smallest absolute Gasteiger partial charge is 0.257 e. The lowest BCUT2D eigenvalue weighted by molar-refractivity contribution is 0.0965. The Kier molecular flexibility index (Phi) is 3.70. The standard InChI is InChI=1S/C11H16N6OS/c1-6-7(5-17(3)15-6)4-14-11-8(10(18)13-2)9(12)16-19-11/h5,14H,4H2,1-3H3,(H2,12,16)(H,13,18). The Hall–Kier alpha value is -2.09. The van der Waals surface area contributed by atoms with Crippen molar-refractivity contribution >= 4 is 28.3 Å². The fourth-order valence-corrected chi connectivity index (χ4v) is 2.47. The number of amides is 1. The van der Waals surface area contributed by atoms with E-state index in [2.05, 4.69) is 20.1 Å². The summed E-state index contributed by atoms with van der Waals surface area (Å²) in [6.45, 7) is 2.52. The summed E-state index contributed by atoms with van der Waals surface area (Å²) < 4.78 is 5.76. The zero-order chi connectivity index (χ0) is 14.0. The van der Waals surface area contributed by atoms with Crippen molar-refractivity contribution in [3.05, 3.63) is 23.0 Å². The number of rotatable bonds is 4. The molecule has 7 nitrogen and oxygen atoms in total. The van der Waals surface area contributed by atoms with Gasteiger partial charge in [-0.15, -0.1) is 0 Å². The highest BCUT2D eigenvalue weighted by Gasteiger charge is 2.18. The van der Waals surface area contributed by atoms with Gasteiger partial charge in [-0.2, -0.15) is 9.47 Å². The molecule has 2 aromatic heterocycles. The third-order valence-electron chi connectivity index (χ3n) is 2.73. The number of hydrogen-bond acceptors (Lipinski definition) is 6. The Morgan fingerprint density at radius 2 is 2.32 bits per heavy atom. The van der Waals surface area contributed by atoms with Crippen LogP contribution in [0.4, 0.5) is 10.8 Å². The normalized spacial score (nSPS) is 10.5. The van der Waals surface area contributed by atoms with E-state index < -0.39 is 0 Å². The second kappa shape index (κ2) is 5.27. The van der Waals surface area contributed by atoms with Crippen molar-refractivity contribution in [1.29, 1.82) is 0 Å². The average Bonchev–Trinajstić information content (AvgIpc) is 2.89. The molecule has 0 aliphatic carbocycles. The van der Waals surface area contributed by atoms with Crippen LogP contribution in [0.2, 0.25) is 0 Å². The molecule has 0 bridgehead atoms. The Balaban J connectivity index is 2.16. The molecule has 0 fully saturated rings. The SMILES string of the molecule is CNC(=O)c1c(N)nsc1NCc1cn(C)nc1C. The number of anilines is 2. The Morgan fingerprint density at radius 1 is 1.58 bits per heavy atom. The lowest BCUT2D eigenvalue weighted by atomic mass is 10.2. The predicted molar refractivity (Wildman–Crippen MR) is 75.2 cm³/mol. The van der Waals surface area contributed by atoms with E-state index in [-0.39, 0.29) is 11.7 Å². The van der Waals surface area contributed by atoms with E-state index in [0.717, 1.165) is 11.3 Å². The summed E-state index contributed by atoms with van der Waals surface area (Å²) >= 11 is 1.18. The van der Waals surface area contributed by atoms with Gasteiger partial charge in [0.1, 0.15) is 10.6 Å². The highest BCUT2D eigenvalue weighted by Crippen LogP contribution is 2.27. The third kappa shape index (κ3) is 2.68. The number of aryl methyl sites for hydroxylation is 2. The van der Waals surface area contributed by atoms with Crippen LogP contribution >= 0.6 is 11.5 Å². The molecule has 8 heteroatoms. The van der Waals surface area contributed by atoms with Crippen LogP contribution in [0.3, 0.4) is 0 Å². The molecule has 0 atom stereocenters. The minimum atomic E-state index is -0.239. The first kappa shape index (κ1) is 13.3. The van der Waals surface area contributed by atoms with Crippen LogP contribution in [0, 0.1) is 6.92 Å². The molecule has 0 aromatic carbocycles. The molecule has 2 aromatic rings. The van der Waals surface area contributed by atoms with Gasteiger partial charge in [0.15, 0.2) is 5.82 Å². The molecular formula is C11H16N6OS. The topological polar surface area (TPSA) is 97.9 Å². The average molecular weight is 280 g/mol. The number of aromatic nitrogens is 3. The molecule has 0 aliphatic heterocycles.